The van der Waals surface area contributed by atoms with Crippen LogP contribution in [0.25, 0.3) is 0 Å². The van der Waals surface area contributed by atoms with Crippen LogP contribution in [0, 0.1) is 15.9 Å². The van der Waals surface area contributed by atoms with Crippen molar-refractivity contribution < 1.29 is 29.1 Å². The Bertz CT molecular complexity index is 602. The molecule has 0 bridgehead atoms. The number of nitrogens with zero attached hydrogens (tertiary/aromatic N) is 1. The zero-order valence-electron chi connectivity index (χ0n) is 13.7. The minimum absolute atomic E-state index is 0.00451. The van der Waals surface area contributed by atoms with Crippen LogP contribution in [-0.4, -0.2) is 39.5 Å². The van der Waals surface area contributed by atoms with E-state index >= 15 is 0 Å². The standard InChI is InChI=1S/C15H21FN2O6/c1-15(2,3)24-14(21)17-5-4-12(19)13(20)9-6-10(16)8-11(7-9)18(22)23/h6-8,12-13,19-20H,4-5H2,1-3H3,(H,17,21). The number of alkyl carbamates (subject to hydrolysis) is 1. The topological polar surface area (TPSA) is 122 Å². The minimum atomic E-state index is -1.53. The summed E-state index contributed by atoms with van der Waals surface area (Å²) in [5, 5.41) is 33.0. The van der Waals surface area contributed by atoms with Crippen molar-refractivity contribution in [1.29, 1.82) is 0 Å². The van der Waals surface area contributed by atoms with E-state index in [2.05, 4.69) is 5.32 Å². The Morgan fingerprint density at radius 3 is 2.54 bits per heavy atom. The molecule has 3 N–H and O–H groups in total. The molecule has 0 radical (unpaired) electrons. The highest BCUT2D eigenvalue weighted by atomic mass is 19.1. The molecular weight excluding hydrogens is 323 g/mol. The quantitative estimate of drug-likeness (QED) is 0.536. The summed E-state index contributed by atoms with van der Waals surface area (Å²) in [5.41, 5.74) is -1.31. The summed E-state index contributed by atoms with van der Waals surface area (Å²) in [5.74, 6) is -0.891. The van der Waals surface area contributed by atoms with Gasteiger partial charge in [0.1, 0.15) is 17.5 Å². The number of aliphatic hydroxyl groups excluding tert-OH is 2. The number of nitro benzene ring substituents is 1. The fourth-order valence-electron chi connectivity index (χ4n) is 1.89. The fraction of sp³-hybridized carbons (Fsp3) is 0.533. The summed E-state index contributed by atoms with van der Waals surface area (Å²) in [6.45, 7) is 5.09. The third kappa shape index (κ3) is 6.47. The van der Waals surface area contributed by atoms with Crippen LogP contribution in [0.2, 0.25) is 0 Å². The Morgan fingerprint density at radius 2 is 2.00 bits per heavy atom. The van der Waals surface area contributed by atoms with E-state index in [1.807, 2.05) is 0 Å². The first-order chi connectivity index (χ1) is 11.0. The number of non-ortho nitro benzene ring substituents is 1. The first kappa shape index (κ1) is 19.8. The molecule has 0 saturated carbocycles. The predicted octanol–water partition coefficient (Wildman–Crippen LogP) is 2.04. The van der Waals surface area contributed by atoms with Gasteiger partial charge in [-0.1, -0.05) is 0 Å². The van der Waals surface area contributed by atoms with Crippen LogP contribution >= 0.6 is 0 Å². The molecule has 1 aromatic carbocycles. The summed E-state index contributed by atoms with van der Waals surface area (Å²) in [4.78, 5) is 21.3. The third-order valence-electron chi connectivity index (χ3n) is 2.93. The Labute approximate surface area is 138 Å². The van der Waals surface area contributed by atoms with E-state index in [0.717, 1.165) is 12.1 Å². The Morgan fingerprint density at radius 1 is 1.38 bits per heavy atom. The van der Waals surface area contributed by atoms with Gasteiger partial charge in [-0.25, -0.2) is 9.18 Å². The van der Waals surface area contributed by atoms with Crippen molar-refractivity contribution in [2.24, 2.45) is 0 Å². The van der Waals surface area contributed by atoms with Gasteiger partial charge in [0, 0.05) is 12.6 Å². The lowest BCUT2D eigenvalue weighted by atomic mass is 10.0. The van der Waals surface area contributed by atoms with Gasteiger partial charge < -0.3 is 20.3 Å². The van der Waals surface area contributed by atoms with Gasteiger partial charge in [-0.2, -0.15) is 0 Å². The highest BCUT2D eigenvalue weighted by Gasteiger charge is 2.22. The molecule has 0 heterocycles. The van der Waals surface area contributed by atoms with E-state index in [9.17, 15) is 29.5 Å². The first-order valence-corrected chi connectivity index (χ1v) is 7.27. The average Bonchev–Trinajstić information content (AvgIpc) is 2.43. The lowest BCUT2D eigenvalue weighted by Crippen LogP contribution is -2.34. The molecule has 0 aliphatic heterocycles. The summed E-state index contributed by atoms with van der Waals surface area (Å²) in [6.07, 6.45) is -3.60. The summed E-state index contributed by atoms with van der Waals surface area (Å²) < 4.78 is 18.4. The van der Waals surface area contributed by atoms with Gasteiger partial charge in [-0.05, 0) is 38.8 Å². The first-order valence-electron chi connectivity index (χ1n) is 7.27. The van der Waals surface area contributed by atoms with E-state index in [1.54, 1.807) is 20.8 Å². The highest BCUT2D eigenvalue weighted by molar-refractivity contribution is 5.67. The number of hydrogen-bond acceptors (Lipinski definition) is 6. The molecule has 0 aromatic heterocycles. The van der Waals surface area contributed by atoms with Crippen molar-refractivity contribution >= 4 is 11.8 Å². The molecule has 0 fully saturated rings. The molecule has 1 aromatic rings. The molecule has 0 spiro atoms. The number of nitro groups is 1. The molecule has 2 unspecified atom stereocenters. The monoisotopic (exact) mass is 344 g/mol. The lowest BCUT2D eigenvalue weighted by Gasteiger charge is -2.21. The van der Waals surface area contributed by atoms with Gasteiger partial charge in [-0.3, -0.25) is 10.1 Å². The van der Waals surface area contributed by atoms with Crippen LogP contribution in [0.3, 0.4) is 0 Å². The number of ether oxygens (including phenoxy) is 1. The maximum Gasteiger partial charge on any atom is 0.407 e. The summed E-state index contributed by atoms with van der Waals surface area (Å²) in [7, 11) is 0. The molecule has 0 aliphatic carbocycles. The van der Waals surface area contributed by atoms with Gasteiger partial charge >= 0.3 is 6.09 Å². The van der Waals surface area contributed by atoms with Crippen molar-refractivity contribution in [2.45, 2.75) is 45.0 Å². The summed E-state index contributed by atoms with van der Waals surface area (Å²) in [6, 6.07) is 2.60. The van der Waals surface area contributed by atoms with Gasteiger partial charge in [0.05, 0.1) is 17.1 Å². The van der Waals surface area contributed by atoms with Crippen LogP contribution in [0.4, 0.5) is 14.9 Å². The molecule has 0 saturated heterocycles. The third-order valence-corrected chi connectivity index (χ3v) is 2.93. The number of rotatable bonds is 6. The zero-order valence-corrected chi connectivity index (χ0v) is 13.7. The Balaban J connectivity index is 2.61. The van der Waals surface area contributed by atoms with Crippen molar-refractivity contribution in [3.63, 3.8) is 0 Å². The van der Waals surface area contributed by atoms with Crippen LogP contribution in [0.1, 0.15) is 38.9 Å². The Hall–Kier alpha value is -2.26. The van der Waals surface area contributed by atoms with Crippen LogP contribution < -0.4 is 5.32 Å². The summed E-state index contributed by atoms with van der Waals surface area (Å²) >= 11 is 0. The molecule has 134 valence electrons. The number of aliphatic hydroxyl groups is 2. The number of amides is 1. The second-order valence-corrected chi connectivity index (χ2v) is 6.23. The second-order valence-electron chi connectivity index (χ2n) is 6.23. The second kappa shape index (κ2) is 8.02. The minimum Gasteiger partial charge on any atom is -0.444 e. The number of halogens is 1. The smallest absolute Gasteiger partial charge is 0.407 e. The predicted molar refractivity (Wildman–Crippen MR) is 82.9 cm³/mol. The van der Waals surface area contributed by atoms with E-state index in [4.69, 9.17) is 4.74 Å². The highest BCUT2D eigenvalue weighted by Crippen LogP contribution is 2.24. The number of nitrogens with one attached hydrogen (secondary N) is 1. The largest absolute Gasteiger partial charge is 0.444 e. The number of hydrogen-bond donors (Lipinski definition) is 3. The van der Waals surface area contributed by atoms with Gasteiger partial charge in [0.2, 0.25) is 0 Å². The van der Waals surface area contributed by atoms with Crippen molar-refractivity contribution in [1.82, 2.24) is 5.32 Å². The number of carbonyl (C=O) groups is 1. The molecule has 1 amide bonds. The molecule has 8 nitrogen and oxygen atoms in total. The van der Waals surface area contributed by atoms with Crippen LogP contribution in [-0.2, 0) is 4.74 Å². The molecule has 0 aliphatic rings. The van der Waals surface area contributed by atoms with E-state index < -0.39 is 40.3 Å². The van der Waals surface area contributed by atoms with Crippen LogP contribution in [0.15, 0.2) is 18.2 Å². The Kier molecular flexibility index (Phi) is 6.61. The SMILES string of the molecule is CC(C)(C)OC(=O)NCCC(O)C(O)c1cc(F)cc([N+](=O)[O-])c1. The fourth-order valence-corrected chi connectivity index (χ4v) is 1.89. The zero-order chi connectivity index (χ0) is 18.5. The van der Waals surface area contributed by atoms with E-state index in [0.29, 0.717) is 6.07 Å². The maximum absolute atomic E-state index is 13.4. The molecule has 2 atom stereocenters. The van der Waals surface area contributed by atoms with E-state index in [1.165, 1.54) is 0 Å². The van der Waals surface area contributed by atoms with Gasteiger partial charge in [-0.15, -0.1) is 0 Å². The number of carbonyl (C=O) groups excluding carboxylic acids is 1. The molecule has 9 heteroatoms. The van der Waals surface area contributed by atoms with Crippen molar-refractivity contribution in [3.8, 4) is 0 Å². The van der Waals surface area contributed by atoms with E-state index in [-0.39, 0.29) is 18.5 Å². The molecule has 24 heavy (non-hydrogen) atoms. The average molecular weight is 344 g/mol. The molecule has 1 rings (SSSR count). The normalized spacial score (nSPS) is 13.9. The maximum atomic E-state index is 13.4. The van der Waals surface area contributed by atoms with Gasteiger partial charge in [0.25, 0.3) is 5.69 Å². The number of benzene rings is 1. The van der Waals surface area contributed by atoms with Gasteiger partial charge in [0.15, 0.2) is 0 Å². The lowest BCUT2D eigenvalue weighted by molar-refractivity contribution is -0.385. The van der Waals surface area contributed by atoms with Crippen LogP contribution in [0.5, 0.6) is 0 Å². The van der Waals surface area contributed by atoms with Crippen molar-refractivity contribution in [2.75, 3.05) is 6.54 Å². The van der Waals surface area contributed by atoms with Crippen molar-refractivity contribution in [3.05, 3.63) is 39.7 Å². The molecular formula is C15H21FN2O6.